The van der Waals surface area contributed by atoms with E-state index in [1.165, 1.54) is 12.1 Å². The van der Waals surface area contributed by atoms with Crippen molar-refractivity contribution in [3.8, 4) is 5.75 Å². The maximum Gasteiger partial charge on any atom is 0.313 e. The summed E-state index contributed by atoms with van der Waals surface area (Å²) in [6, 6.07) is 19.7. The number of esters is 1. The second kappa shape index (κ2) is 7.10. The van der Waals surface area contributed by atoms with Gasteiger partial charge in [0.1, 0.15) is 0 Å². The molecule has 3 aliphatic carbocycles. The number of benzene rings is 3. The lowest BCUT2D eigenvalue weighted by Gasteiger charge is -2.57. The van der Waals surface area contributed by atoms with Crippen LogP contribution in [-0.4, -0.2) is 22.7 Å². The summed E-state index contributed by atoms with van der Waals surface area (Å²) in [5, 5.41) is 11.7. The molecule has 8 nitrogen and oxygen atoms in total. The molecule has 8 heteroatoms. The van der Waals surface area contributed by atoms with Crippen molar-refractivity contribution in [1.82, 2.24) is 0 Å². The van der Waals surface area contributed by atoms with E-state index in [1.54, 1.807) is 0 Å². The van der Waals surface area contributed by atoms with Gasteiger partial charge >= 0.3 is 11.7 Å². The minimum atomic E-state index is -0.749. The van der Waals surface area contributed by atoms with Gasteiger partial charge in [-0.2, -0.15) is 0 Å². The fourth-order valence-electron chi connectivity index (χ4n) is 6.85. The number of carbonyl (C=O) groups is 3. The Labute approximate surface area is 206 Å². The number of imide groups is 1. The Morgan fingerprint density at radius 2 is 1.31 bits per heavy atom. The van der Waals surface area contributed by atoms with Crippen molar-refractivity contribution in [3.63, 3.8) is 0 Å². The van der Waals surface area contributed by atoms with Gasteiger partial charge in [0, 0.05) is 23.8 Å². The van der Waals surface area contributed by atoms with Crippen LogP contribution in [0, 0.1) is 22.0 Å². The molecule has 0 radical (unpaired) electrons. The molecule has 0 N–H and O–H groups in total. The molecule has 3 aromatic carbocycles. The summed E-state index contributed by atoms with van der Waals surface area (Å²) in [5.41, 5.74) is 2.17. The largest absolute Gasteiger partial charge is 0.419 e. The Bertz CT molecular complexity index is 1400. The molecule has 1 aliphatic heterocycles. The molecule has 2 amide bonds. The minimum absolute atomic E-state index is 0.0849. The average Bonchev–Trinajstić information content (AvgIpc) is 3.13. The van der Waals surface area contributed by atoms with Gasteiger partial charge in [0.05, 0.1) is 22.4 Å². The van der Waals surface area contributed by atoms with Crippen LogP contribution in [-0.2, 0) is 25.2 Å². The van der Waals surface area contributed by atoms with Crippen molar-refractivity contribution in [2.24, 2.45) is 11.8 Å². The average molecular weight is 482 g/mol. The SMILES string of the molecule is CC(=O)Oc1ccc(N2C(=O)[C@H]3[C@H](C2=O)C2(C)c4ccccc4C3(C)c3ccccc32)cc1[N+](=O)[O-]. The number of anilines is 1. The van der Waals surface area contributed by atoms with Gasteiger partial charge in [-0.05, 0) is 34.4 Å². The van der Waals surface area contributed by atoms with Gasteiger partial charge < -0.3 is 4.74 Å². The first-order chi connectivity index (χ1) is 17.1. The zero-order valence-corrected chi connectivity index (χ0v) is 19.8. The number of ether oxygens (including phenoxy) is 1. The third kappa shape index (κ3) is 2.50. The zero-order valence-electron chi connectivity index (χ0n) is 19.8. The Kier molecular flexibility index (Phi) is 4.37. The highest BCUT2D eigenvalue weighted by Gasteiger charge is 2.70. The van der Waals surface area contributed by atoms with Gasteiger partial charge in [0.2, 0.25) is 17.6 Å². The number of nitrogens with zero attached hydrogens (tertiary/aromatic N) is 2. The van der Waals surface area contributed by atoms with E-state index in [1.807, 2.05) is 62.4 Å². The molecular weight excluding hydrogens is 460 g/mol. The number of nitro groups is 1. The first-order valence-corrected chi connectivity index (χ1v) is 11.7. The van der Waals surface area contributed by atoms with Crippen molar-refractivity contribution >= 4 is 29.2 Å². The zero-order chi connectivity index (χ0) is 25.6. The highest BCUT2D eigenvalue weighted by Crippen LogP contribution is 2.66. The summed E-state index contributed by atoms with van der Waals surface area (Å²) in [7, 11) is 0. The molecule has 1 heterocycles. The maximum absolute atomic E-state index is 14.1. The number of amides is 2. The van der Waals surface area contributed by atoms with Gasteiger partial charge in [-0.15, -0.1) is 0 Å². The van der Waals surface area contributed by atoms with Gasteiger partial charge in [0.25, 0.3) is 0 Å². The molecular formula is C28H22N2O6. The number of hydrogen-bond donors (Lipinski definition) is 0. The van der Waals surface area contributed by atoms with Crippen LogP contribution < -0.4 is 9.64 Å². The molecule has 1 saturated heterocycles. The molecule has 36 heavy (non-hydrogen) atoms. The highest BCUT2D eigenvalue weighted by atomic mass is 16.6. The van der Waals surface area contributed by atoms with Gasteiger partial charge in [0.15, 0.2) is 0 Å². The van der Waals surface area contributed by atoms with Crippen LogP contribution in [0.25, 0.3) is 0 Å². The van der Waals surface area contributed by atoms with E-state index in [4.69, 9.17) is 4.74 Å². The topological polar surface area (TPSA) is 107 Å². The van der Waals surface area contributed by atoms with E-state index in [2.05, 4.69) is 0 Å². The van der Waals surface area contributed by atoms with Gasteiger partial charge in [-0.25, -0.2) is 4.90 Å². The monoisotopic (exact) mass is 482 g/mol. The summed E-state index contributed by atoms with van der Waals surface area (Å²) in [6.07, 6.45) is 0. The molecule has 1 fully saturated rings. The molecule has 2 bridgehead atoms. The van der Waals surface area contributed by atoms with Crippen LogP contribution in [0.5, 0.6) is 5.75 Å². The number of nitro benzene ring substituents is 1. The third-order valence-electron chi connectivity index (χ3n) is 8.29. The lowest BCUT2D eigenvalue weighted by Crippen LogP contribution is -2.59. The molecule has 0 saturated carbocycles. The van der Waals surface area contributed by atoms with Crippen molar-refractivity contribution in [2.45, 2.75) is 31.6 Å². The molecule has 4 aliphatic rings. The van der Waals surface area contributed by atoms with Crippen LogP contribution in [0.15, 0.2) is 66.7 Å². The van der Waals surface area contributed by atoms with E-state index < -0.39 is 51.1 Å². The molecule has 0 aromatic heterocycles. The second-order valence-electron chi connectivity index (χ2n) is 9.97. The number of rotatable bonds is 3. The summed E-state index contributed by atoms with van der Waals surface area (Å²) in [5.74, 6) is -3.08. The lowest BCUT2D eigenvalue weighted by molar-refractivity contribution is -0.385. The second-order valence-corrected chi connectivity index (χ2v) is 9.97. The van der Waals surface area contributed by atoms with Crippen LogP contribution >= 0.6 is 0 Å². The quantitative estimate of drug-likeness (QED) is 0.181. The first-order valence-electron chi connectivity index (χ1n) is 11.7. The fourth-order valence-corrected chi connectivity index (χ4v) is 6.85. The van der Waals surface area contributed by atoms with Gasteiger partial charge in [-0.3, -0.25) is 24.5 Å². The molecule has 7 rings (SSSR count). The first kappa shape index (κ1) is 22.2. The Morgan fingerprint density at radius 1 is 0.861 bits per heavy atom. The van der Waals surface area contributed by atoms with Crippen LogP contribution in [0.3, 0.4) is 0 Å². The Balaban J connectivity index is 1.56. The van der Waals surface area contributed by atoms with E-state index in [-0.39, 0.29) is 11.4 Å². The minimum Gasteiger partial charge on any atom is -0.419 e. The summed E-state index contributed by atoms with van der Waals surface area (Å²) in [4.78, 5) is 51.7. The van der Waals surface area contributed by atoms with Crippen molar-refractivity contribution < 1.29 is 24.0 Å². The van der Waals surface area contributed by atoms with Crippen molar-refractivity contribution in [2.75, 3.05) is 4.90 Å². The number of carbonyl (C=O) groups excluding carboxylic acids is 3. The highest BCUT2D eigenvalue weighted by molar-refractivity contribution is 6.24. The predicted octanol–water partition coefficient (Wildman–Crippen LogP) is 4.26. The lowest BCUT2D eigenvalue weighted by atomic mass is 9.42. The number of hydrogen-bond acceptors (Lipinski definition) is 6. The van der Waals surface area contributed by atoms with E-state index in [9.17, 15) is 24.5 Å². The predicted molar refractivity (Wildman–Crippen MR) is 130 cm³/mol. The van der Waals surface area contributed by atoms with Crippen molar-refractivity contribution in [3.05, 3.63) is 99.1 Å². The fraction of sp³-hybridized carbons (Fsp3) is 0.250. The maximum atomic E-state index is 14.1. The van der Waals surface area contributed by atoms with E-state index in [0.29, 0.717) is 0 Å². The molecule has 2 atom stereocenters. The summed E-state index contributed by atoms with van der Waals surface area (Å²) >= 11 is 0. The smallest absolute Gasteiger partial charge is 0.313 e. The van der Waals surface area contributed by atoms with Crippen LogP contribution in [0.4, 0.5) is 11.4 Å². The van der Waals surface area contributed by atoms with E-state index in [0.717, 1.165) is 40.1 Å². The van der Waals surface area contributed by atoms with Crippen molar-refractivity contribution in [1.29, 1.82) is 0 Å². The molecule has 180 valence electrons. The molecule has 3 aromatic rings. The van der Waals surface area contributed by atoms with Crippen LogP contribution in [0.2, 0.25) is 0 Å². The normalized spacial score (nSPS) is 27.4. The van der Waals surface area contributed by atoms with Gasteiger partial charge in [-0.1, -0.05) is 62.4 Å². The summed E-state index contributed by atoms with van der Waals surface area (Å²) in [6.45, 7) is 5.17. The molecule has 0 unspecified atom stereocenters. The third-order valence-corrected chi connectivity index (χ3v) is 8.29. The van der Waals surface area contributed by atoms with E-state index >= 15 is 0 Å². The standard InChI is InChI=1S/C28H22N2O6/c1-15(31)36-22-13-12-16(14-21(22)30(34)35)29-25(32)23-24(26(29)33)28(3)19-10-6-4-8-17(19)27(23,2)18-9-5-7-11-20(18)28/h4-14,23-24H,1-3H3/t23-,24-,27?,28?/m1/s1. The Hall–Kier alpha value is -4.33. The summed E-state index contributed by atoms with van der Waals surface area (Å²) < 4.78 is 4.96. The van der Waals surface area contributed by atoms with Crippen LogP contribution in [0.1, 0.15) is 43.0 Å². The molecule has 0 spiro atoms. The Morgan fingerprint density at radius 3 is 1.69 bits per heavy atom.